The summed E-state index contributed by atoms with van der Waals surface area (Å²) in [6, 6.07) is 3.52. The second kappa shape index (κ2) is 2.91. The van der Waals surface area contributed by atoms with Gasteiger partial charge in [0, 0.05) is 6.20 Å². The van der Waals surface area contributed by atoms with E-state index in [4.69, 9.17) is 11.6 Å². The molecule has 0 bridgehead atoms. The SMILES string of the molecule is Clc1cccnc1-n1cncn1. The Hall–Kier alpha value is -1.42. The number of hydrogen-bond acceptors (Lipinski definition) is 3. The maximum Gasteiger partial charge on any atom is 0.173 e. The molecule has 0 spiro atoms. The summed E-state index contributed by atoms with van der Waals surface area (Å²) in [4.78, 5) is 7.84. The van der Waals surface area contributed by atoms with Crippen LogP contribution in [0.5, 0.6) is 0 Å². The molecule has 0 unspecified atom stereocenters. The summed E-state index contributed by atoms with van der Waals surface area (Å²) < 4.78 is 1.52. The lowest BCUT2D eigenvalue weighted by atomic mass is 10.5. The van der Waals surface area contributed by atoms with Crippen LogP contribution >= 0.6 is 11.6 Å². The monoisotopic (exact) mass is 180 g/mol. The zero-order valence-corrected chi connectivity index (χ0v) is 6.81. The van der Waals surface area contributed by atoms with Crippen LogP contribution in [0.4, 0.5) is 0 Å². The standard InChI is InChI=1S/C7H5ClN4/c8-6-2-1-3-10-7(6)12-5-9-4-11-12/h1-5H. The molecule has 0 fully saturated rings. The van der Waals surface area contributed by atoms with Gasteiger partial charge in [0.1, 0.15) is 12.7 Å². The first-order valence-corrected chi connectivity index (χ1v) is 3.71. The van der Waals surface area contributed by atoms with Crippen LogP contribution in [0.15, 0.2) is 31.0 Å². The first-order valence-electron chi connectivity index (χ1n) is 3.33. The number of pyridine rings is 1. The van der Waals surface area contributed by atoms with Crippen molar-refractivity contribution in [2.75, 3.05) is 0 Å². The van der Waals surface area contributed by atoms with Crippen molar-refractivity contribution in [2.45, 2.75) is 0 Å². The van der Waals surface area contributed by atoms with E-state index >= 15 is 0 Å². The summed E-state index contributed by atoms with van der Waals surface area (Å²) in [5, 5.41) is 4.46. The van der Waals surface area contributed by atoms with Crippen molar-refractivity contribution in [1.29, 1.82) is 0 Å². The Labute approximate surface area is 73.8 Å². The van der Waals surface area contributed by atoms with Crippen LogP contribution in [0.25, 0.3) is 5.82 Å². The van der Waals surface area contributed by atoms with E-state index in [9.17, 15) is 0 Å². The molecular weight excluding hydrogens is 176 g/mol. The van der Waals surface area contributed by atoms with Crippen LogP contribution in [0.3, 0.4) is 0 Å². The Bertz CT molecular complexity index is 371. The van der Waals surface area contributed by atoms with Gasteiger partial charge in [-0.15, -0.1) is 0 Å². The van der Waals surface area contributed by atoms with E-state index in [1.54, 1.807) is 24.7 Å². The zero-order chi connectivity index (χ0) is 8.39. The molecule has 0 saturated heterocycles. The molecule has 2 heterocycles. The average molecular weight is 181 g/mol. The van der Waals surface area contributed by atoms with Crippen molar-refractivity contribution >= 4 is 11.6 Å². The summed E-state index contributed by atoms with van der Waals surface area (Å²) in [5.41, 5.74) is 0. The fourth-order valence-electron chi connectivity index (χ4n) is 0.864. The number of halogens is 1. The molecule has 0 N–H and O–H groups in total. The first kappa shape index (κ1) is 7.24. The van der Waals surface area contributed by atoms with E-state index in [1.807, 2.05) is 0 Å². The third-order valence-electron chi connectivity index (χ3n) is 1.37. The molecule has 4 nitrogen and oxygen atoms in total. The molecule has 0 aromatic carbocycles. The van der Waals surface area contributed by atoms with E-state index in [2.05, 4.69) is 15.1 Å². The maximum absolute atomic E-state index is 5.86. The van der Waals surface area contributed by atoms with Gasteiger partial charge in [0.2, 0.25) is 0 Å². The molecule has 2 aromatic heterocycles. The van der Waals surface area contributed by atoms with Gasteiger partial charge in [0.05, 0.1) is 5.02 Å². The molecule has 0 saturated carbocycles. The van der Waals surface area contributed by atoms with Crippen molar-refractivity contribution in [1.82, 2.24) is 19.7 Å². The highest BCUT2D eigenvalue weighted by atomic mass is 35.5. The molecule has 0 amide bonds. The fraction of sp³-hybridized carbons (Fsp3) is 0. The minimum Gasteiger partial charge on any atom is -0.236 e. The van der Waals surface area contributed by atoms with Crippen molar-refractivity contribution in [3.8, 4) is 5.82 Å². The molecule has 2 rings (SSSR count). The Morgan fingerprint density at radius 2 is 2.33 bits per heavy atom. The first-order chi connectivity index (χ1) is 5.88. The minimum atomic E-state index is 0.558. The van der Waals surface area contributed by atoms with Gasteiger partial charge >= 0.3 is 0 Å². The second-order valence-corrected chi connectivity index (χ2v) is 2.56. The van der Waals surface area contributed by atoms with E-state index in [0.29, 0.717) is 10.8 Å². The van der Waals surface area contributed by atoms with Gasteiger partial charge in [-0.2, -0.15) is 5.10 Å². The van der Waals surface area contributed by atoms with Crippen LogP contribution in [-0.4, -0.2) is 19.7 Å². The van der Waals surface area contributed by atoms with Gasteiger partial charge in [0.25, 0.3) is 0 Å². The highest BCUT2D eigenvalue weighted by Crippen LogP contribution is 2.14. The van der Waals surface area contributed by atoms with Gasteiger partial charge in [-0.25, -0.2) is 14.6 Å². The Morgan fingerprint density at radius 3 is 3.00 bits per heavy atom. The van der Waals surface area contributed by atoms with Crippen LogP contribution in [0.2, 0.25) is 5.02 Å². The third kappa shape index (κ3) is 1.16. The highest BCUT2D eigenvalue weighted by molar-refractivity contribution is 6.32. The maximum atomic E-state index is 5.86. The lowest BCUT2D eigenvalue weighted by molar-refractivity contribution is 0.845. The normalized spacial score (nSPS) is 10.1. The molecule has 0 aliphatic carbocycles. The van der Waals surface area contributed by atoms with Gasteiger partial charge in [-0.3, -0.25) is 0 Å². The summed E-state index contributed by atoms with van der Waals surface area (Å²) in [6.45, 7) is 0. The van der Waals surface area contributed by atoms with Crippen LogP contribution in [0, 0.1) is 0 Å². The van der Waals surface area contributed by atoms with E-state index in [0.717, 1.165) is 0 Å². The number of rotatable bonds is 1. The quantitative estimate of drug-likeness (QED) is 0.665. The molecule has 0 radical (unpaired) electrons. The number of hydrogen-bond donors (Lipinski definition) is 0. The Balaban J connectivity index is 2.55. The summed E-state index contributed by atoms with van der Waals surface area (Å²) >= 11 is 5.86. The lowest BCUT2D eigenvalue weighted by Crippen LogP contribution is -1.97. The predicted octanol–water partition coefficient (Wildman–Crippen LogP) is 1.32. The van der Waals surface area contributed by atoms with Gasteiger partial charge < -0.3 is 0 Å². The number of nitrogens with zero attached hydrogens (tertiary/aromatic N) is 4. The third-order valence-corrected chi connectivity index (χ3v) is 1.67. The highest BCUT2D eigenvalue weighted by Gasteiger charge is 2.01. The van der Waals surface area contributed by atoms with Crippen LogP contribution < -0.4 is 0 Å². The smallest absolute Gasteiger partial charge is 0.173 e. The minimum absolute atomic E-state index is 0.558. The molecule has 2 aromatic rings. The topological polar surface area (TPSA) is 43.6 Å². The van der Waals surface area contributed by atoms with Crippen LogP contribution in [-0.2, 0) is 0 Å². The van der Waals surface area contributed by atoms with Crippen molar-refractivity contribution < 1.29 is 0 Å². The Morgan fingerprint density at radius 1 is 1.42 bits per heavy atom. The summed E-state index contributed by atoms with van der Waals surface area (Å²) in [7, 11) is 0. The lowest BCUT2D eigenvalue weighted by Gasteiger charge is -1.99. The molecule has 12 heavy (non-hydrogen) atoms. The molecular formula is C7H5ClN4. The molecule has 5 heteroatoms. The summed E-state index contributed by atoms with van der Waals surface area (Å²) in [6.07, 6.45) is 4.64. The van der Waals surface area contributed by atoms with Crippen molar-refractivity contribution in [3.05, 3.63) is 36.0 Å². The molecule has 0 aliphatic heterocycles. The van der Waals surface area contributed by atoms with Gasteiger partial charge in [0.15, 0.2) is 5.82 Å². The zero-order valence-electron chi connectivity index (χ0n) is 6.05. The second-order valence-electron chi connectivity index (χ2n) is 2.15. The largest absolute Gasteiger partial charge is 0.236 e. The average Bonchev–Trinajstić information content (AvgIpc) is 2.57. The Kier molecular flexibility index (Phi) is 1.75. The van der Waals surface area contributed by atoms with Crippen molar-refractivity contribution in [3.63, 3.8) is 0 Å². The van der Waals surface area contributed by atoms with Gasteiger partial charge in [-0.1, -0.05) is 11.6 Å². The molecule has 0 atom stereocenters. The fourth-order valence-corrected chi connectivity index (χ4v) is 1.07. The summed E-state index contributed by atoms with van der Waals surface area (Å²) in [5.74, 6) is 0.594. The van der Waals surface area contributed by atoms with E-state index in [1.165, 1.54) is 11.0 Å². The van der Waals surface area contributed by atoms with Crippen molar-refractivity contribution in [2.24, 2.45) is 0 Å². The van der Waals surface area contributed by atoms with E-state index < -0.39 is 0 Å². The molecule has 0 aliphatic rings. The van der Waals surface area contributed by atoms with Crippen LogP contribution in [0.1, 0.15) is 0 Å². The van der Waals surface area contributed by atoms with E-state index in [-0.39, 0.29) is 0 Å². The predicted molar refractivity (Wildman–Crippen MR) is 44.2 cm³/mol. The van der Waals surface area contributed by atoms with Gasteiger partial charge in [-0.05, 0) is 12.1 Å². The number of aromatic nitrogens is 4. The molecule has 60 valence electrons.